The summed E-state index contributed by atoms with van der Waals surface area (Å²) in [6.07, 6.45) is 0.955. The first-order chi connectivity index (χ1) is 8.86. The standard InChI is InChI=1S/C14H14N2S2/c1-15-11(12-7-4-8-17-12)9-14-16-10-5-2-3-6-13(10)18-14/h2-8,11,15H,9H2,1H3. The van der Waals surface area contributed by atoms with E-state index in [0.29, 0.717) is 6.04 Å². The molecule has 3 rings (SSSR count). The van der Waals surface area contributed by atoms with E-state index in [1.807, 2.05) is 13.1 Å². The first-order valence-electron chi connectivity index (χ1n) is 5.92. The van der Waals surface area contributed by atoms with Gasteiger partial charge in [0.05, 0.1) is 15.2 Å². The Balaban J connectivity index is 1.86. The van der Waals surface area contributed by atoms with Crippen molar-refractivity contribution in [1.29, 1.82) is 0 Å². The molecule has 0 saturated heterocycles. The molecule has 0 bridgehead atoms. The molecule has 2 aromatic heterocycles. The molecule has 1 N–H and O–H groups in total. The summed E-state index contributed by atoms with van der Waals surface area (Å²) in [6, 6.07) is 13.0. The SMILES string of the molecule is CNC(Cc1nc2ccccc2s1)c1cccs1. The Hall–Kier alpha value is -1.23. The first kappa shape index (κ1) is 11.8. The fourth-order valence-electron chi connectivity index (χ4n) is 2.02. The minimum Gasteiger partial charge on any atom is -0.312 e. The highest BCUT2D eigenvalue weighted by atomic mass is 32.1. The van der Waals surface area contributed by atoms with Crippen LogP contribution in [0.4, 0.5) is 0 Å². The highest BCUT2D eigenvalue weighted by Gasteiger charge is 2.13. The minimum absolute atomic E-state index is 0.366. The van der Waals surface area contributed by atoms with Gasteiger partial charge in [-0.15, -0.1) is 22.7 Å². The number of nitrogens with zero attached hydrogens (tertiary/aromatic N) is 1. The number of benzene rings is 1. The summed E-state index contributed by atoms with van der Waals surface area (Å²) in [5.41, 5.74) is 1.11. The van der Waals surface area contributed by atoms with Crippen molar-refractivity contribution >= 4 is 32.9 Å². The van der Waals surface area contributed by atoms with Crippen LogP contribution in [0.1, 0.15) is 15.9 Å². The Morgan fingerprint density at radius 2 is 2.11 bits per heavy atom. The predicted molar refractivity (Wildman–Crippen MR) is 79.4 cm³/mol. The Bertz CT molecular complexity index is 595. The molecule has 2 heterocycles. The third kappa shape index (κ3) is 2.32. The summed E-state index contributed by atoms with van der Waals surface area (Å²) in [4.78, 5) is 6.07. The van der Waals surface area contributed by atoms with Gasteiger partial charge in [-0.25, -0.2) is 4.98 Å². The van der Waals surface area contributed by atoms with Crippen molar-refractivity contribution in [2.45, 2.75) is 12.5 Å². The van der Waals surface area contributed by atoms with Crippen LogP contribution >= 0.6 is 22.7 Å². The molecule has 0 radical (unpaired) electrons. The molecule has 0 aliphatic rings. The summed E-state index contributed by atoms with van der Waals surface area (Å²) >= 11 is 3.59. The maximum atomic E-state index is 4.69. The van der Waals surface area contributed by atoms with Crippen molar-refractivity contribution in [3.63, 3.8) is 0 Å². The van der Waals surface area contributed by atoms with Gasteiger partial charge < -0.3 is 5.32 Å². The average molecular weight is 274 g/mol. The van der Waals surface area contributed by atoms with Gasteiger partial charge >= 0.3 is 0 Å². The maximum Gasteiger partial charge on any atom is 0.0957 e. The largest absolute Gasteiger partial charge is 0.312 e. The first-order valence-corrected chi connectivity index (χ1v) is 7.61. The van der Waals surface area contributed by atoms with Gasteiger partial charge in [-0.2, -0.15) is 0 Å². The lowest BCUT2D eigenvalue weighted by Crippen LogP contribution is -2.17. The lowest BCUT2D eigenvalue weighted by molar-refractivity contribution is 0.601. The summed E-state index contributed by atoms with van der Waals surface area (Å²) in [7, 11) is 2.01. The van der Waals surface area contributed by atoms with Crippen molar-refractivity contribution in [3.8, 4) is 0 Å². The minimum atomic E-state index is 0.366. The zero-order valence-electron chi connectivity index (χ0n) is 10.1. The van der Waals surface area contributed by atoms with Gasteiger partial charge in [0.25, 0.3) is 0 Å². The fourth-order valence-corrected chi connectivity index (χ4v) is 3.87. The van der Waals surface area contributed by atoms with Crippen LogP contribution in [0, 0.1) is 0 Å². The Kier molecular flexibility index (Phi) is 3.41. The van der Waals surface area contributed by atoms with Crippen LogP contribution < -0.4 is 5.32 Å². The van der Waals surface area contributed by atoms with Gasteiger partial charge in [0, 0.05) is 17.3 Å². The van der Waals surface area contributed by atoms with E-state index < -0.39 is 0 Å². The number of thiazole rings is 1. The van der Waals surface area contributed by atoms with Crippen molar-refractivity contribution in [3.05, 3.63) is 51.7 Å². The molecule has 92 valence electrons. The zero-order valence-corrected chi connectivity index (χ0v) is 11.7. The van der Waals surface area contributed by atoms with Gasteiger partial charge in [-0.1, -0.05) is 18.2 Å². The van der Waals surface area contributed by atoms with Gasteiger partial charge in [0.1, 0.15) is 0 Å². The number of hydrogen-bond acceptors (Lipinski definition) is 4. The molecular weight excluding hydrogens is 260 g/mol. The second-order valence-electron chi connectivity index (χ2n) is 4.14. The van der Waals surface area contributed by atoms with E-state index in [2.05, 4.69) is 41.0 Å². The molecule has 0 amide bonds. The molecular formula is C14H14N2S2. The summed E-state index contributed by atoms with van der Waals surface area (Å²) in [5.74, 6) is 0. The summed E-state index contributed by atoms with van der Waals surface area (Å²) in [5, 5.41) is 6.70. The summed E-state index contributed by atoms with van der Waals surface area (Å²) < 4.78 is 1.27. The van der Waals surface area contributed by atoms with Gasteiger partial charge in [0.15, 0.2) is 0 Å². The topological polar surface area (TPSA) is 24.9 Å². The molecule has 0 aliphatic heterocycles. The molecule has 4 heteroatoms. The van der Waals surface area contributed by atoms with Crippen molar-refractivity contribution in [1.82, 2.24) is 10.3 Å². The Morgan fingerprint density at radius 3 is 2.83 bits per heavy atom. The van der Waals surface area contributed by atoms with Crippen molar-refractivity contribution in [2.24, 2.45) is 0 Å². The molecule has 2 nitrogen and oxygen atoms in total. The van der Waals surface area contributed by atoms with E-state index in [-0.39, 0.29) is 0 Å². The van der Waals surface area contributed by atoms with E-state index in [1.165, 1.54) is 14.6 Å². The van der Waals surface area contributed by atoms with Crippen LogP contribution in [-0.4, -0.2) is 12.0 Å². The number of hydrogen-bond donors (Lipinski definition) is 1. The van der Waals surface area contributed by atoms with E-state index in [9.17, 15) is 0 Å². The number of para-hydroxylation sites is 1. The molecule has 1 atom stereocenters. The van der Waals surface area contributed by atoms with Crippen molar-refractivity contribution < 1.29 is 0 Å². The quantitative estimate of drug-likeness (QED) is 0.781. The third-order valence-electron chi connectivity index (χ3n) is 2.95. The van der Waals surface area contributed by atoms with Gasteiger partial charge in [0.2, 0.25) is 0 Å². The normalized spacial score (nSPS) is 12.9. The van der Waals surface area contributed by atoms with Crippen LogP contribution in [0.3, 0.4) is 0 Å². The van der Waals surface area contributed by atoms with E-state index in [4.69, 9.17) is 4.98 Å². The fraction of sp³-hybridized carbons (Fsp3) is 0.214. The van der Waals surface area contributed by atoms with Crippen LogP contribution in [-0.2, 0) is 6.42 Å². The maximum absolute atomic E-state index is 4.69. The number of fused-ring (bicyclic) bond motifs is 1. The number of likely N-dealkylation sites (N-methyl/N-ethyl adjacent to an activating group) is 1. The number of rotatable bonds is 4. The molecule has 0 saturated carbocycles. The van der Waals surface area contributed by atoms with Crippen LogP contribution in [0.5, 0.6) is 0 Å². The number of aromatic nitrogens is 1. The zero-order chi connectivity index (χ0) is 12.4. The average Bonchev–Trinajstić information content (AvgIpc) is 3.04. The van der Waals surface area contributed by atoms with Gasteiger partial charge in [-0.05, 0) is 30.6 Å². The highest BCUT2D eigenvalue weighted by Crippen LogP contribution is 2.27. The molecule has 3 aromatic rings. The van der Waals surface area contributed by atoms with Crippen LogP contribution in [0.25, 0.3) is 10.2 Å². The Morgan fingerprint density at radius 1 is 1.22 bits per heavy atom. The Labute approximate surface area is 114 Å². The molecule has 0 fully saturated rings. The van der Waals surface area contributed by atoms with E-state index >= 15 is 0 Å². The van der Waals surface area contributed by atoms with Crippen LogP contribution in [0.15, 0.2) is 41.8 Å². The van der Waals surface area contributed by atoms with E-state index in [1.54, 1.807) is 22.7 Å². The summed E-state index contributed by atoms with van der Waals surface area (Å²) in [6.45, 7) is 0. The second-order valence-corrected chi connectivity index (χ2v) is 6.23. The van der Waals surface area contributed by atoms with E-state index in [0.717, 1.165) is 11.9 Å². The third-order valence-corrected chi connectivity index (χ3v) is 5.00. The molecule has 18 heavy (non-hydrogen) atoms. The monoisotopic (exact) mass is 274 g/mol. The van der Waals surface area contributed by atoms with Crippen LogP contribution in [0.2, 0.25) is 0 Å². The second kappa shape index (κ2) is 5.18. The smallest absolute Gasteiger partial charge is 0.0957 e. The predicted octanol–water partition coefficient (Wildman–Crippen LogP) is 3.86. The molecule has 0 aliphatic carbocycles. The number of nitrogens with one attached hydrogen (secondary N) is 1. The lowest BCUT2D eigenvalue weighted by Gasteiger charge is -2.12. The highest BCUT2D eigenvalue weighted by molar-refractivity contribution is 7.18. The molecule has 1 unspecified atom stereocenters. The lowest BCUT2D eigenvalue weighted by atomic mass is 10.2. The van der Waals surface area contributed by atoms with Crippen molar-refractivity contribution in [2.75, 3.05) is 7.05 Å². The molecule has 0 spiro atoms. The number of thiophene rings is 1. The van der Waals surface area contributed by atoms with Gasteiger partial charge in [-0.3, -0.25) is 0 Å². The molecule has 1 aromatic carbocycles.